The minimum atomic E-state index is -1.20. The summed E-state index contributed by atoms with van der Waals surface area (Å²) in [6.07, 6.45) is 1.48. The highest BCUT2D eigenvalue weighted by Crippen LogP contribution is 2.30. The third-order valence-electron chi connectivity index (χ3n) is 3.80. The standard InChI is InChI=1S/C15H17BrFNO4/c1-9(22-12-5-4-10(17)8-11(12)16)13(19)18-15(14(20)21)6-2-3-7-15/h4-5,8-9H,2-3,6-7H2,1H3,(H,18,19)(H,20,21). The van der Waals surface area contributed by atoms with Crippen LogP contribution < -0.4 is 10.1 Å². The fraction of sp³-hybridized carbons (Fsp3) is 0.467. The Morgan fingerprint density at radius 3 is 2.59 bits per heavy atom. The minimum absolute atomic E-state index is 0.319. The second-order valence-corrected chi connectivity index (χ2v) is 6.27. The number of carboxylic acids is 1. The maximum atomic E-state index is 13.0. The molecule has 1 unspecified atom stereocenters. The Morgan fingerprint density at radius 2 is 2.05 bits per heavy atom. The van der Waals surface area contributed by atoms with Crippen molar-refractivity contribution < 1.29 is 23.8 Å². The summed E-state index contributed by atoms with van der Waals surface area (Å²) in [7, 11) is 0. The van der Waals surface area contributed by atoms with E-state index in [2.05, 4.69) is 21.2 Å². The van der Waals surface area contributed by atoms with Gasteiger partial charge in [-0.2, -0.15) is 0 Å². The van der Waals surface area contributed by atoms with Crippen LogP contribution >= 0.6 is 15.9 Å². The first kappa shape index (κ1) is 16.7. The summed E-state index contributed by atoms with van der Waals surface area (Å²) in [5.41, 5.74) is -1.20. The third-order valence-corrected chi connectivity index (χ3v) is 4.42. The molecule has 0 aromatic heterocycles. The minimum Gasteiger partial charge on any atom is -0.480 e. The number of aliphatic carboxylic acids is 1. The number of amides is 1. The van der Waals surface area contributed by atoms with Gasteiger partial charge in [-0.3, -0.25) is 4.79 Å². The molecule has 0 saturated heterocycles. The SMILES string of the molecule is CC(Oc1ccc(F)cc1Br)C(=O)NC1(C(=O)O)CCCC1. The lowest BCUT2D eigenvalue weighted by molar-refractivity contribution is -0.148. The van der Waals surface area contributed by atoms with Crippen LogP contribution in [0.4, 0.5) is 4.39 Å². The summed E-state index contributed by atoms with van der Waals surface area (Å²) in [5, 5.41) is 11.9. The molecule has 1 saturated carbocycles. The monoisotopic (exact) mass is 373 g/mol. The molecule has 120 valence electrons. The van der Waals surface area contributed by atoms with E-state index in [4.69, 9.17) is 4.74 Å². The molecule has 1 amide bonds. The van der Waals surface area contributed by atoms with Crippen molar-refractivity contribution in [2.45, 2.75) is 44.2 Å². The van der Waals surface area contributed by atoms with Crippen molar-refractivity contribution in [1.82, 2.24) is 5.32 Å². The van der Waals surface area contributed by atoms with Gasteiger partial charge in [-0.1, -0.05) is 12.8 Å². The molecule has 1 aromatic carbocycles. The smallest absolute Gasteiger partial charge is 0.329 e. The summed E-state index contributed by atoms with van der Waals surface area (Å²) < 4.78 is 18.9. The van der Waals surface area contributed by atoms with Crippen LogP contribution in [0.3, 0.4) is 0 Å². The Morgan fingerprint density at radius 1 is 1.41 bits per heavy atom. The molecule has 0 aliphatic heterocycles. The molecule has 2 rings (SSSR count). The topological polar surface area (TPSA) is 75.6 Å². The summed E-state index contributed by atoms with van der Waals surface area (Å²) in [6.45, 7) is 1.52. The van der Waals surface area contributed by atoms with E-state index in [1.165, 1.54) is 25.1 Å². The number of hydrogen-bond donors (Lipinski definition) is 2. The molecule has 1 aliphatic carbocycles. The van der Waals surface area contributed by atoms with Gasteiger partial charge < -0.3 is 15.2 Å². The Hall–Kier alpha value is -1.63. The molecule has 0 heterocycles. The average molecular weight is 374 g/mol. The molecule has 0 radical (unpaired) electrons. The van der Waals surface area contributed by atoms with Crippen molar-refractivity contribution in [3.8, 4) is 5.75 Å². The molecule has 1 fully saturated rings. The van der Waals surface area contributed by atoms with Gasteiger partial charge in [0.25, 0.3) is 5.91 Å². The fourth-order valence-electron chi connectivity index (χ4n) is 2.52. The predicted molar refractivity (Wildman–Crippen MR) is 81.2 cm³/mol. The van der Waals surface area contributed by atoms with Gasteiger partial charge in [0.05, 0.1) is 4.47 Å². The molecule has 2 N–H and O–H groups in total. The van der Waals surface area contributed by atoms with Gasteiger partial charge in [0.1, 0.15) is 17.1 Å². The number of carbonyl (C=O) groups is 2. The van der Waals surface area contributed by atoms with Crippen LogP contribution in [0.25, 0.3) is 0 Å². The van der Waals surface area contributed by atoms with Crippen LogP contribution in [0, 0.1) is 5.82 Å². The lowest BCUT2D eigenvalue weighted by Crippen LogP contribution is -2.55. The Kier molecular flexibility index (Phi) is 5.05. The normalized spacial score (nSPS) is 17.8. The second kappa shape index (κ2) is 6.64. The molecule has 5 nitrogen and oxygen atoms in total. The fourth-order valence-corrected chi connectivity index (χ4v) is 2.97. The van der Waals surface area contributed by atoms with Crippen LogP contribution in [-0.2, 0) is 9.59 Å². The summed E-state index contributed by atoms with van der Waals surface area (Å²) in [4.78, 5) is 23.6. The first-order chi connectivity index (χ1) is 10.3. The second-order valence-electron chi connectivity index (χ2n) is 5.42. The van der Waals surface area contributed by atoms with Gasteiger partial charge in [-0.05, 0) is 53.9 Å². The number of carboxylic acid groups (broad SMARTS) is 1. The van der Waals surface area contributed by atoms with Crippen LogP contribution in [0.15, 0.2) is 22.7 Å². The van der Waals surface area contributed by atoms with Gasteiger partial charge in [0.15, 0.2) is 6.10 Å². The van der Waals surface area contributed by atoms with Crippen LogP contribution in [-0.4, -0.2) is 28.6 Å². The maximum absolute atomic E-state index is 13.0. The van der Waals surface area contributed by atoms with E-state index in [1.807, 2.05) is 0 Å². The van der Waals surface area contributed by atoms with Crippen molar-refractivity contribution >= 4 is 27.8 Å². The highest BCUT2D eigenvalue weighted by Gasteiger charge is 2.43. The molecule has 1 aliphatic rings. The number of rotatable bonds is 5. The van der Waals surface area contributed by atoms with E-state index in [-0.39, 0.29) is 0 Å². The number of nitrogens with one attached hydrogen (secondary N) is 1. The van der Waals surface area contributed by atoms with Crippen molar-refractivity contribution in [3.63, 3.8) is 0 Å². The number of halogens is 2. The Labute approximate surface area is 136 Å². The molecular weight excluding hydrogens is 357 g/mol. The third kappa shape index (κ3) is 3.58. The molecule has 0 bridgehead atoms. The van der Waals surface area contributed by atoms with Gasteiger partial charge in [-0.15, -0.1) is 0 Å². The summed E-state index contributed by atoms with van der Waals surface area (Å²) in [6, 6.07) is 3.86. The van der Waals surface area contributed by atoms with E-state index < -0.39 is 29.3 Å². The average Bonchev–Trinajstić information content (AvgIpc) is 2.91. The van der Waals surface area contributed by atoms with E-state index >= 15 is 0 Å². The van der Waals surface area contributed by atoms with Gasteiger partial charge in [-0.25, -0.2) is 9.18 Å². The van der Waals surface area contributed by atoms with Crippen molar-refractivity contribution in [2.75, 3.05) is 0 Å². The van der Waals surface area contributed by atoms with Crippen molar-refractivity contribution in [1.29, 1.82) is 0 Å². The van der Waals surface area contributed by atoms with Crippen molar-refractivity contribution in [3.05, 3.63) is 28.5 Å². The quantitative estimate of drug-likeness (QED) is 0.831. The summed E-state index contributed by atoms with van der Waals surface area (Å²) >= 11 is 3.16. The first-order valence-electron chi connectivity index (χ1n) is 7.01. The van der Waals surface area contributed by atoms with Crippen LogP contribution in [0.5, 0.6) is 5.75 Å². The maximum Gasteiger partial charge on any atom is 0.329 e. The molecule has 1 aromatic rings. The molecule has 22 heavy (non-hydrogen) atoms. The summed E-state index contributed by atoms with van der Waals surface area (Å²) in [5.74, 6) is -1.62. The van der Waals surface area contributed by atoms with Crippen LogP contribution in [0.1, 0.15) is 32.6 Å². The molecule has 7 heteroatoms. The van der Waals surface area contributed by atoms with Crippen molar-refractivity contribution in [2.24, 2.45) is 0 Å². The Balaban J connectivity index is 2.04. The van der Waals surface area contributed by atoms with E-state index in [9.17, 15) is 19.1 Å². The largest absolute Gasteiger partial charge is 0.480 e. The number of ether oxygens (including phenoxy) is 1. The predicted octanol–water partition coefficient (Wildman–Crippen LogP) is 2.87. The van der Waals surface area contributed by atoms with Gasteiger partial charge >= 0.3 is 5.97 Å². The number of carbonyl (C=O) groups excluding carboxylic acids is 1. The molecule has 1 atom stereocenters. The van der Waals surface area contributed by atoms with Gasteiger partial charge in [0, 0.05) is 0 Å². The van der Waals surface area contributed by atoms with E-state index in [0.29, 0.717) is 23.1 Å². The van der Waals surface area contributed by atoms with Crippen LogP contribution in [0.2, 0.25) is 0 Å². The molecular formula is C15H17BrFNO4. The number of benzene rings is 1. The first-order valence-corrected chi connectivity index (χ1v) is 7.80. The Bertz CT molecular complexity index is 587. The zero-order valence-corrected chi connectivity index (χ0v) is 13.7. The van der Waals surface area contributed by atoms with E-state index in [1.54, 1.807) is 0 Å². The zero-order chi connectivity index (χ0) is 16.3. The molecule has 0 spiro atoms. The highest BCUT2D eigenvalue weighted by atomic mass is 79.9. The zero-order valence-electron chi connectivity index (χ0n) is 12.1. The van der Waals surface area contributed by atoms with E-state index in [0.717, 1.165) is 12.8 Å². The van der Waals surface area contributed by atoms with Gasteiger partial charge in [0.2, 0.25) is 0 Å². The lowest BCUT2D eigenvalue weighted by atomic mass is 9.97. The lowest BCUT2D eigenvalue weighted by Gasteiger charge is -2.27. The number of hydrogen-bond acceptors (Lipinski definition) is 3. The highest BCUT2D eigenvalue weighted by molar-refractivity contribution is 9.10.